The predicted octanol–water partition coefficient (Wildman–Crippen LogP) is 7.79. The van der Waals surface area contributed by atoms with E-state index in [1.165, 1.54) is 21.8 Å². The van der Waals surface area contributed by atoms with E-state index < -0.39 is 59.2 Å². The Kier molecular flexibility index (Phi) is 18.1. The number of β-amino-alcohol motifs (C(OH)–C–C–N with tert-alkyl or cyclic N) is 1. The molecule has 4 amide bonds. The summed E-state index contributed by atoms with van der Waals surface area (Å²) in [4.78, 5) is 72.3. The maximum absolute atomic E-state index is 14.7. The standard InChI is InChI=1S/C54H76FN5O10S/c1-32-23-35-14-13-33(2)41(18-17-40-26-38(61)28-45(63)69-40)46(35)44(24-32)70-52(67)56-21-11-9-7-8-10-12-22-68-43-25-36(47-34(3)58-31-71-47)15-16-37(43)29-57-49(64)42-27-39(62)30-60(42)50(65)48(53(4,5)6)59-51(66)54(55)19-20-54/h13-16,23,25,31-33,38-42,44,46,48,61-62H,7-12,17-22,24,26-30H2,1-6H3,(H,56,67)(H,57,64)(H,59,66)/t32-,33-,38+,39+,40+,41-,42-,44-,46-,48+/m0/s1. The van der Waals surface area contributed by atoms with E-state index in [1.54, 1.807) is 26.3 Å². The molecule has 2 aromatic rings. The number of cyclic esters (lactones) is 1. The maximum Gasteiger partial charge on any atom is 0.407 e. The van der Waals surface area contributed by atoms with Crippen LogP contribution >= 0.6 is 11.3 Å². The highest BCUT2D eigenvalue weighted by molar-refractivity contribution is 7.13. The van der Waals surface area contributed by atoms with Gasteiger partial charge in [-0.05, 0) is 92.2 Å². The first kappa shape index (κ1) is 53.9. The van der Waals surface area contributed by atoms with Gasteiger partial charge in [0.2, 0.25) is 11.8 Å². The van der Waals surface area contributed by atoms with Crippen molar-refractivity contribution in [1.29, 1.82) is 0 Å². The monoisotopic (exact) mass is 1010 g/mol. The summed E-state index contributed by atoms with van der Waals surface area (Å²) in [5.41, 5.74) is 2.83. The molecule has 15 nitrogen and oxygen atoms in total. The molecule has 1 aromatic heterocycles. The average Bonchev–Trinajstić information content (AvgIpc) is 3.71. The second kappa shape index (κ2) is 23.8. The first-order chi connectivity index (χ1) is 33.8. The smallest absolute Gasteiger partial charge is 0.407 e. The summed E-state index contributed by atoms with van der Waals surface area (Å²) < 4.78 is 32.8. The van der Waals surface area contributed by atoms with E-state index in [0.29, 0.717) is 31.7 Å². The van der Waals surface area contributed by atoms with Gasteiger partial charge in [0.1, 0.15) is 30.0 Å². The number of amides is 4. The van der Waals surface area contributed by atoms with Crippen molar-refractivity contribution >= 4 is 41.1 Å². The van der Waals surface area contributed by atoms with Gasteiger partial charge in [-0.2, -0.15) is 0 Å². The number of halogens is 1. The number of hydrogen-bond donors (Lipinski definition) is 5. The molecule has 0 spiro atoms. The number of nitrogens with zero attached hydrogens (tertiary/aromatic N) is 2. The zero-order valence-electron chi connectivity index (χ0n) is 42.4. The van der Waals surface area contributed by atoms with Crippen LogP contribution in [0.2, 0.25) is 0 Å². The van der Waals surface area contributed by atoms with Crippen LogP contribution < -0.4 is 20.7 Å². The van der Waals surface area contributed by atoms with Crippen LogP contribution in [0, 0.1) is 36.0 Å². The molecule has 71 heavy (non-hydrogen) atoms. The van der Waals surface area contributed by atoms with Crippen LogP contribution in [0.25, 0.3) is 10.4 Å². The minimum Gasteiger partial charge on any atom is -0.493 e. The number of allylic oxidation sites excluding steroid dienone is 3. The highest BCUT2D eigenvalue weighted by atomic mass is 32.1. The first-order valence-electron chi connectivity index (χ1n) is 25.9. The van der Waals surface area contributed by atoms with Gasteiger partial charge in [0.05, 0.1) is 41.3 Å². The number of ether oxygens (including phenoxy) is 3. The summed E-state index contributed by atoms with van der Waals surface area (Å²) in [6, 6.07) is 3.77. The topological polar surface area (TPSA) is 206 Å². The van der Waals surface area contributed by atoms with Gasteiger partial charge in [-0.3, -0.25) is 19.2 Å². The van der Waals surface area contributed by atoms with Crippen molar-refractivity contribution in [3.63, 3.8) is 0 Å². The van der Waals surface area contributed by atoms with Crippen molar-refractivity contribution in [2.24, 2.45) is 29.1 Å². The quantitative estimate of drug-likeness (QED) is 0.0603. The van der Waals surface area contributed by atoms with Gasteiger partial charge in [0.15, 0.2) is 5.67 Å². The van der Waals surface area contributed by atoms with Crippen molar-refractivity contribution < 1.29 is 52.8 Å². The third-order valence-electron chi connectivity index (χ3n) is 14.9. The Labute approximate surface area is 422 Å². The van der Waals surface area contributed by atoms with E-state index in [1.807, 2.05) is 25.1 Å². The van der Waals surface area contributed by atoms with E-state index in [9.17, 15) is 38.6 Å². The number of carbonyl (C=O) groups excluding carboxylic acids is 5. The maximum atomic E-state index is 14.7. The summed E-state index contributed by atoms with van der Waals surface area (Å²) in [6.07, 6.45) is 12.6. The summed E-state index contributed by atoms with van der Waals surface area (Å²) in [5, 5.41) is 29.3. The number of aliphatic hydroxyl groups excluding tert-OH is 2. The lowest BCUT2D eigenvalue weighted by atomic mass is 9.65. The van der Waals surface area contributed by atoms with Crippen LogP contribution in [0.4, 0.5) is 9.18 Å². The van der Waals surface area contributed by atoms with Gasteiger partial charge in [-0.15, -0.1) is 11.3 Å². The molecule has 3 fully saturated rings. The third kappa shape index (κ3) is 14.2. The molecule has 1 aromatic carbocycles. The summed E-state index contributed by atoms with van der Waals surface area (Å²) >= 11 is 1.53. The Morgan fingerprint density at radius 2 is 1.75 bits per heavy atom. The Bertz CT molecular complexity index is 2270. The third-order valence-corrected chi connectivity index (χ3v) is 15.9. The lowest BCUT2D eigenvalue weighted by molar-refractivity contribution is -0.160. The number of aryl methyl sites for hydroxylation is 1. The van der Waals surface area contributed by atoms with Crippen LogP contribution in [-0.2, 0) is 35.2 Å². The second-order valence-electron chi connectivity index (χ2n) is 21.9. The van der Waals surface area contributed by atoms with Crippen LogP contribution in [0.1, 0.15) is 136 Å². The van der Waals surface area contributed by atoms with Crippen molar-refractivity contribution in [1.82, 2.24) is 25.8 Å². The lowest BCUT2D eigenvalue weighted by Gasteiger charge is -2.43. The van der Waals surface area contributed by atoms with Crippen molar-refractivity contribution in [3.05, 3.63) is 58.8 Å². The largest absolute Gasteiger partial charge is 0.493 e. The molecule has 10 atom stereocenters. The van der Waals surface area contributed by atoms with Crippen LogP contribution in [0.3, 0.4) is 0 Å². The molecular formula is C54H76FN5O10S. The highest BCUT2D eigenvalue weighted by Crippen LogP contribution is 2.45. The minimum atomic E-state index is -1.97. The Balaban J connectivity index is 0.847. The van der Waals surface area contributed by atoms with Crippen LogP contribution in [0.15, 0.2) is 47.5 Å². The molecule has 7 rings (SSSR count). The molecule has 390 valence electrons. The number of alkyl carbamates (subject to hydrolysis) is 1. The average molecular weight is 1010 g/mol. The van der Waals surface area contributed by atoms with E-state index in [2.05, 4.69) is 53.0 Å². The van der Waals surface area contributed by atoms with E-state index in [-0.39, 0.29) is 80.6 Å². The normalized spacial score (nSPS) is 27.2. The van der Waals surface area contributed by atoms with E-state index in [4.69, 9.17) is 14.2 Å². The van der Waals surface area contributed by atoms with Crippen molar-refractivity contribution in [2.75, 3.05) is 19.7 Å². The molecule has 3 aliphatic carbocycles. The van der Waals surface area contributed by atoms with Gasteiger partial charge < -0.3 is 45.3 Å². The number of aromatic nitrogens is 1. The van der Waals surface area contributed by atoms with E-state index in [0.717, 1.165) is 73.1 Å². The van der Waals surface area contributed by atoms with Gasteiger partial charge in [0, 0.05) is 44.0 Å². The Hall–Kier alpha value is -4.87. The number of aliphatic hydroxyl groups is 2. The van der Waals surface area contributed by atoms with E-state index >= 15 is 0 Å². The molecule has 0 bridgehead atoms. The molecule has 17 heteroatoms. The number of thiazole rings is 1. The number of nitrogens with one attached hydrogen (secondary N) is 3. The molecule has 2 aliphatic heterocycles. The Morgan fingerprint density at radius 1 is 1.00 bits per heavy atom. The molecule has 0 unspecified atom stereocenters. The number of carbonyl (C=O) groups is 5. The number of hydrogen-bond acceptors (Lipinski definition) is 12. The number of benzene rings is 1. The van der Waals surface area contributed by atoms with Gasteiger partial charge in [-0.1, -0.05) is 90.7 Å². The summed E-state index contributed by atoms with van der Waals surface area (Å²) in [6.45, 7) is 12.6. The molecule has 3 heterocycles. The number of alkyl halides is 1. The van der Waals surface area contributed by atoms with Crippen molar-refractivity contribution in [3.8, 4) is 16.2 Å². The van der Waals surface area contributed by atoms with Crippen molar-refractivity contribution in [2.45, 2.75) is 180 Å². The minimum absolute atomic E-state index is 0.0285. The number of esters is 1. The second-order valence-corrected chi connectivity index (χ2v) is 22.7. The molecule has 0 radical (unpaired) electrons. The molecule has 2 saturated heterocycles. The molecule has 1 saturated carbocycles. The van der Waals surface area contributed by atoms with Gasteiger partial charge in [-0.25, -0.2) is 14.2 Å². The predicted molar refractivity (Wildman–Crippen MR) is 268 cm³/mol. The fraction of sp³-hybridized carbons (Fsp3) is 0.667. The fourth-order valence-corrected chi connectivity index (χ4v) is 11.5. The molecule has 5 N–H and O–H groups in total. The van der Waals surface area contributed by atoms with Gasteiger partial charge in [0.25, 0.3) is 5.91 Å². The Morgan fingerprint density at radius 3 is 2.45 bits per heavy atom. The lowest BCUT2D eigenvalue weighted by Crippen LogP contribution is -2.59. The van der Waals surface area contributed by atoms with Crippen LogP contribution in [0.5, 0.6) is 5.75 Å². The SMILES string of the molecule is Cc1ncsc1-c1ccc(CNC(=O)[C@@H]2C[C@@H](O)CN2C(=O)[C@@H](NC(=O)C2(F)CC2)C(C)(C)C)c(OCCCCCCCCNC(=O)O[C@H]2C[C@@H](C)C=C3C=C[C@H](C)[C@H](CC[C@@H]4C[C@@H](O)CC(=O)O4)[C@H]32)c1. The number of unbranched alkanes of at least 4 members (excludes halogenated alkanes) is 5. The zero-order valence-corrected chi connectivity index (χ0v) is 43.2. The van der Waals surface area contributed by atoms with Gasteiger partial charge >= 0.3 is 12.1 Å². The zero-order chi connectivity index (χ0) is 51.0. The fourth-order valence-electron chi connectivity index (χ4n) is 10.7. The number of likely N-dealkylation sites (tertiary alicyclic amines) is 1. The number of rotatable bonds is 21. The summed E-state index contributed by atoms with van der Waals surface area (Å²) in [7, 11) is 0. The van der Waals surface area contributed by atoms with Crippen LogP contribution in [-0.4, -0.2) is 112 Å². The molecule has 5 aliphatic rings. The number of fused-ring (bicyclic) bond motifs is 1. The summed E-state index contributed by atoms with van der Waals surface area (Å²) in [5.74, 6) is -0.733. The highest BCUT2D eigenvalue weighted by Gasteiger charge is 2.53. The molecular weight excluding hydrogens is 930 g/mol. The first-order valence-corrected chi connectivity index (χ1v) is 26.8.